The molecule has 0 radical (unpaired) electrons. The zero-order chi connectivity index (χ0) is 10.6. The Morgan fingerprint density at radius 2 is 2.21 bits per heavy atom. The van der Waals surface area contributed by atoms with E-state index in [-0.39, 0.29) is 6.42 Å². The maximum atomic E-state index is 12.0. The SMILES string of the molecule is COc1ccc([C@H](N)CC(F)F)cn1. The third-order valence-corrected chi connectivity index (χ3v) is 1.83. The molecule has 1 aromatic rings. The molecule has 1 heterocycles. The lowest BCUT2D eigenvalue weighted by atomic mass is 10.1. The quantitative estimate of drug-likeness (QED) is 0.809. The number of alkyl halides is 2. The lowest BCUT2D eigenvalue weighted by Crippen LogP contribution is -2.14. The van der Waals surface area contributed by atoms with Crippen molar-refractivity contribution >= 4 is 0 Å². The van der Waals surface area contributed by atoms with Crippen molar-refractivity contribution in [3.05, 3.63) is 23.9 Å². The minimum atomic E-state index is -2.40. The van der Waals surface area contributed by atoms with Crippen molar-refractivity contribution in [2.24, 2.45) is 5.73 Å². The number of halogens is 2. The molecule has 0 bridgehead atoms. The number of ether oxygens (including phenoxy) is 1. The number of nitrogens with zero attached hydrogens (tertiary/aromatic N) is 1. The van der Waals surface area contributed by atoms with E-state index in [0.29, 0.717) is 11.4 Å². The zero-order valence-electron chi connectivity index (χ0n) is 7.78. The third-order valence-electron chi connectivity index (χ3n) is 1.83. The molecule has 0 unspecified atom stereocenters. The summed E-state index contributed by atoms with van der Waals surface area (Å²) >= 11 is 0. The molecule has 1 atom stereocenters. The van der Waals surface area contributed by atoms with Crippen LogP contribution in [0.4, 0.5) is 8.78 Å². The highest BCUT2D eigenvalue weighted by molar-refractivity contribution is 5.20. The van der Waals surface area contributed by atoms with Gasteiger partial charge in [-0.15, -0.1) is 0 Å². The monoisotopic (exact) mass is 202 g/mol. The van der Waals surface area contributed by atoms with Crippen LogP contribution in [0.1, 0.15) is 18.0 Å². The topological polar surface area (TPSA) is 48.1 Å². The van der Waals surface area contributed by atoms with Crippen LogP contribution in [0.25, 0.3) is 0 Å². The fraction of sp³-hybridized carbons (Fsp3) is 0.444. The fourth-order valence-corrected chi connectivity index (χ4v) is 1.06. The first-order chi connectivity index (χ1) is 6.63. The number of hydrogen-bond acceptors (Lipinski definition) is 3. The highest BCUT2D eigenvalue weighted by atomic mass is 19.3. The van der Waals surface area contributed by atoms with Crippen LogP contribution >= 0.6 is 0 Å². The Bertz CT molecular complexity index is 277. The van der Waals surface area contributed by atoms with E-state index in [2.05, 4.69) is 4.98 Å². The van der Waals surface area contributed by atoms with Crippen LogP contribution in [0.5, 0.6) is 5.88 Å². The summed E-state index contributed by atoms with van der Waals surface area (Å²) in [7, 11) is 1.49. The molecular weight excluding hydrogens is 190 g/mol. The molecule has 1 aromatic heterocycles. The lowest BCUT2D eigenvalue weighted by Gasteiger charge is -2.10. The molecule has 14 heavy (non-hydrogen) atoms. The normalized spacial score (nSPS) is 12.9. The molecule has 3 nitrogen and oxygen atoms in total. The minimum absolute atomic E-state index is 0.353. The van der Waals surface area contributed by atoms with Crippen molar-refractivity contribution in [3.63, 3.8) is 0 Å². The fourth-order valence-electron chi connectivity index (χ4n) is 1.06. The van der Waals surface area contributed by atoms with Crippen LogP contribution in [0, 0.1) is 0 Å². The average Bonchev–Trinajstić information content (AvgIpc) is 2.17. The molecule has 0 saturated heterocycles. The van der Waals surface area contributed by atoms with Crippen molar-refractivity contribution in [2.45, 2.75) is 18.9 Å². The van der Waals surface area contributed by atoms with Gasteiger partial charge in [0.25, 0.3) is 0 Å². The number of nitrogens with two attached hydrogens (primary N) is 1. The number of rotatable bonds is 4. The first kappa shape index (κ1) is 10.8. The average molecular weight is 202 g/mol. The van der Waals surface area contributed by atoms with E-state index < -0.39 is 12.5 Å². The Morgan fingerprint density at radius 1 is 1.50 bits per heavy atom. The van der Waals surface area contributed by atoms with Gasteiger partial charge in [0.05, 0.1) is 7.11 Å². The van der Waals surface area contributed by atoms with Crippen molar-refractivity contribution in [1.29, 1.82) is 0 Å². The van der Waals surface area contributed by atoms with Crippen LogP contribution in [-0.4, -0.2) is 18.5 Å². The number of pyridine rings is 1. The van der Waals surface area contributed by atoms with E-state index in [1.807, 2.05) is 0 Å². The second-order valence-corrected chi connectivity index (χ2v) is 2.87. The van der Waals surface area contributed by atoms with Gasteiger partial charge in [-0.3, -0.25) is 0 Å². The van der Waals surface area contributed by atoms with Crippen LogP contribution in [0.2, 0.25) is 0 Å². The molecule has 0 amide bonds. The van der Waals surface area contributed by atoms with Crippen LogP contribution < -0.4 is 10.5 Å². The highest BCUT2D eigenvalue weighted by Gasteiger charge is 2.12. The van der Waals surface area contributed by atoms with E-state index >= 15 is 0 Å². The second kappa shape index (κ2) is 4.85. The summed E-state index contributed by atoms with van der Waals surface area (Å²) in [5.41, 5.74) is 6.12. The summed E-state index contributed by atoms with van der Waals surface area (Å²) in [4.78, 5) is 3.88. The van der Waals surface area contributed by atoms with Gasteiger partial charge in [0.15, 0.2) is 0 Å². The molecule has 2 N–H and O–H groups in total. The Labute approximate surface area is 80.9 Å². The molecule has 0 aromatic carbocycles. The Hall–Kier alpha value is -1.23. The molecule has 0 spiro atoms. The van der Waals surface area contributed by atoms with Gasteiger partial charge < -0.3 is 10.5 Å². The predicted molar refractivity (Wildman–Crippen MR) is 48.3 cm³/mol. The Morgan fingerprint density at radius 3 is 2.64 bits per heavy atom. The van der Waals surface area contributed by atoms with E-state index in [4.69, 9.17) is 10.5 Å². The van der Waals surface area contributed by atoms with E-state index in [1.54, 1.807) is 12.1 Å². The van der Waals surface area contributed by atoms with Crippen LogP contribution in [0.3, 0.4) is 0 Å². The molecule has 0 aliphatic carbocycles. The van der Waals surface area contributed by atoms with Gasteiger partial charge in [0.1, 0.15) is 0 Å². The van der Waals surface area contributed by atoms with Crippen molar-refractivity contribution in [3.8, 4) is 5.88 Å². The highest BCUT2D eigenvalue weighted by Crippen LogP contribution is 2.18. The maximum absolute atomic E-state index is 12.0. The van der Waals surface area contributed by atoms with Crippen molar-refractivity contribution in [2.75, 3.05) is 7.11 Å². The number of hydrogen-bond donors (Lipinski definition) is 1. The molecule has 78 valence electrons. The van der Waals surface area contributed by atoms with Gasteiger partial charge >= 0.3 is 0 Å². The summed E-state index contributed by atoms with van der Waals surface area (Å²) in [6.07, 6.45) is -1.30. The third kappa shape index (κ3) is 2.92. The molecular formula is C9H12F2N2O. The van der Waals surface area contributed by atoms with Gasteiger partial charge in [-0.25, -0.2) is 13.8 Å². The summed E-state index contributed by atoms with van der Waals surface area (Å²) in [5, 5.41) is 0. The zero-order valence-corrected chi connectivity index (χ0v) is 7.78. The van der Waals surface area contributed by atoms with Crippen LogP contribution in [0.15, 0.2) is 18.3 Å². The van der Waals surface area contributed by atoms with Crippen molar-refractivity contribution in [1.82, 2.24) is 4.98 Å². The van der Waals surface area contributed by atoms with Gasteiger partial charge in [0.2, 0.25) is 12.3 Å². The standard InChI is InChI=1S/C9H12F2N2O/c1-14-9-3-2-6(5-13-9)7(12)4-8(10)11/h2-3,5,7-8H,4,12H2,1H3/t7-/m1/s1. The lowest BCUT2D eigenvalue weighted by molar-refractivity contribution is 0.128. The van der Waals surface area contributed by atoms with E-state index in [1.165, 1.54) is 13.3 Å². The molecule has 0 aliphatic heterocycles. The molecule has 0 fully saturated rings. The number of aromatic nitrogens is 1. The largest absolute Gasteiger partial charge is 0.481 e. The number of methoxy groups -OCH3 is 1. The first-order valence-electron chi connectivity index (χ1n) is 4.17. The van der Waals surface area contributed by atoms with Gasteiger partial charge in [0, 0.05) is 24.7 Å². The minimum Gasteiger partial charge on any atom is -0.481 e. The molecule has 1 rings (SSSR count). The second-order valence-electron chi connectivity index (χ2n) is 2.87. The molecule has 5 heteroatoms. The summed E-state index contributed by atoms with van der Waals surface area (Å²) in [6.45, 7) is 0. The van der Waals surface area contributed by atoms with Gasteiger partial charge in [-0.2, -0.15) is 0 Å². The molecule has 0 aliphatic rings. The van der Waals surface area contributed by atoms with E-state index in [9.17, 15) is 8.78 Å². The molecule has 0 saturated carbocycles. The Kier molecular flexibility index (Phi) is 3.76. The van der Waals surface area contributed by atoms with Gasteiger partial charge in [-0.1, -0.05) is 6.07 Å². The summed E-state index contributed by atoms with van der Waals surface area (Å²) in [5.74, 6) is 0.443. The smallest absolute Gasteiger partial charge is 0.240 e. The van der Waals surface area contributed by atoms with Crippen molar-refractivity contribution < 1.29 is 13.5 Å². The predicted octanol–water partition coefficient (Wildman–Crippen LogP) is 1.75. The maximum Gasteiger partial charge on any atom is 0.240 e. The summed E-state index contributed by atoms with van der Waals surface area (Å²) in [6, 6.07) is 2.56. The first-order valence-corrected chi connectivity index (χ1v) is 4.17. The summed E-state index contributed by atoms with van der Waals surface area (Å²) < 4.78 is 28.8. The Balaban J connectivity index is 2.66. The van der Waals surface area contributed by atoms with Gasteiger partial charge in [-0.05, 0) is 5.56 Å². The van der Waals surface area contributed by atoms with E-state index in [0.717, 1.165) is 0 Å². The van der Waals surface area contributed by atoms with Crippen LogP contribution in [-0.2, 0) is 0 Å².